The Bertz CT molecular complexity index is 523. The molecule has 1 atom stereocenters. The molecule has 0 fully saturated rings. The van der Waals surface area contributed by atoms with Gasteiger partial charge in [0.05, 0.1) is 6.10 Å². The Kier molecular flexibility index (Phi) is 5.06. The van der Waals surface area contributed by atoms with Crippen LogP contribution in [0.3, 0.4) is 0 Å². The van der Waals surface area contributed by atoms with Gasteiger partial charge in [-0.2, -0.15) is 0 Å². The average Bonchev–Trinajstić information content (AvgIpc) is 2.24. The summed E-state index contributed by atoms with van der Waals surface area (Å²) < 4.78 is 39.3. The van der Waals surface area contributed by atoms with Crippen LogP contribution >= 0.6 is 0 Å². The second kappa shape index (κ2) is 5.98. The molecule has 0 aliphatic rings. The fourth-order valence-corrected chi connectivity index (χ4v) is 2.88. The number of rotatable bonds is 5. The number of nitrogens with one attached hydrogen (secondary N) is 1. The molecule has 0 spiro atoms. The van der Waals surface area contributed by atoms with Crippen molar-refractivity contribution in [1.82, 2.24) is 4.72 Å². The molecule has 0 saturated heterocycles. The summed E-state index contributed by atoms with van der Waals surface area (Å²) in [6.07, 6.45) is -0.353. The van der Waals surface area contributed by atoms with Crippen molar-refractivity contribution in [3.63, 3.8) is 0 Å². The topological polar surface area (TPSA) is 66.4 Å². The van der Waals surface area contributed by atoms with Gasteiger partial charge in [0.25, 0.3) is 0 Å². The third-order valence-electron chi connectivity index (χ3n) is 2.48. The highest BCUT2D eigenvalue weighted by Gasteiger charge is 2.21. The zero-order chi connectivity index (χ0) is 14.7. The Balaban J connectivity index is 2.70. The summed E-state index contributed by atoms with van der Waals surface area (Å²) in [5.74, 6) is -0.805. The van der Waals surface area contributed by atoms with E-state index in [0.717, 1.165) is 6.07 Å². The zero-order valence-electron chi connectivity index (χ0n) is 11.4. The van der Waals surface area contributed by atoms with Crippen molar-refractivity contribution in [1.29, 1.82) is 0 Å². The predicted octanol–water partition coefficient (Wildman–Crippen LogP) is 1.90. The molecular weight excluding hydrogens is 269 g/mol. The van der Waals surface area contributed by atoms with E-state index in [0.29, 0.717) is 6.42 Å². The van der Waals surface area contributed by atoms with Gasteiger partial charge < -0.3 is 5.11 Å². The number of hydrogen-bond donors (Lipinski definition) is 2. The van der Waals surface area contributed by atoms with Crippen LogP contribution in [-0.4, -0.2) is 26.2 Å². The van der Waals surface area contributed by atoms with Crippen molar-refractivity contribution in [2.24, 2.45) is 5.41 Å². The number of halogens is 1. The molecule has 1 aromatic rings. The molecule has 0 saturated carbocycles. The van der Waals surface area contributed by atoms with E-state index in [9.17, 15) is 17.9 Å². The fraction of sp³-hybridized carbons (Fsp3) is 0.538. The van der Waals surface area contributed by atoms with Crippen LogP contribution < -0.4 is 4.72 Å². The maximum atomic E-state index is 13.4. The largest absolute Gasteiger partial charge is 0.392 e. The molecule has 1 rings (SSSR count). The molecule has 1 aromatic carbocycles. The van der Waals surface area contributed by atoms with E-state index in [1.165, 1.54) is 18.2 Å². The lowest BCUT2D eigenvalue weighted by molar-refractivity contribution is 0.125. The highest BCUT2D eigenvalue weighted by molar-refractivity contribution is 7.89. The second-order valence-electron chi connectivity index (χ2n) is 5.70. The summed E-state index contributed by atoms with van der Waals surface area (Å²) in [5.41, 5.74) is -0.108. The first kappa shape index (κ1) is 16.1. The maximum absolute atomic E-state index is 13.4. The average molecular weight is 289 g/mol. The van der Waals surface area contributed by atoms with E-state index >= 15 is 0 Å². The molecule has 0 aliphatic heterocycles. The summed E-state index contributed by atoms with van der Waals surface area (Å²) in [4.78, 5) is -0.405. The molecule has 0 amide bonds. The number of benzene rings is 1. The zero-order valence-corrected chi connectivity index (χ0v) is 12.2. The molecule has 0 heterocycles. The van der Waals surface area contributed by atoms with Crippen molar-refractivity contribution >= 4 is 10.0 Å². The van der Waals surface area contributed by atoms with Gasteiger partial charge in [0.15, 0.2) is 0 Å². The van der Waals surface area contributed by atoms with Crippen molar-refractivity contribution in [2.75, 3.05) is 6.54 Å². The van der Waals surface area contributed by atoms with Gasteiger partial charge in [-0.05, 0) is 24.0 Å². The summed E-state index contributed by atoms with van der Waals surface area (Å²) in [5, 5.41) is 9.74. The monoisotopic (exact) mass is 289 g/mol. The molecule has 108 valence electrons. The lowest BCUT2D eigenvalue weighted by atomic mass is 9.89. The van der Waals surface area contributed by atoms with Crippen LogP contribution in [0.2, 0.25) is 0 Å². The maximum Gasteiger partial charge on any atom is 0.243 e. The molecule has 1 unspecified atom stereocenters. The van der Waals surface area contributed by atoms with Crippen LogP contribution in [0, 0.1) is 11.2 Å². The van der Waals surface area contributed by atoms with Gasteiger partial charge >= 0.3 is 0 Å². The van der Waals surface area contributed by atoms with E-state index in [2.05, 4.69) is 4.72 Å². The molecule has 0 radical (unpaired) electrons. The van der Waals surface area contributed by atoms with Gasteiger partial charge in [-0.1, -0.05) is 32.9 Å². The lowest BCUT2D eigenvalue weighted by Crippen LogP contribution is -2.34. The SMILES string of the molecule is CC(C)(C)CC(O)CNS(=O)(=O)c1ccccc1F. The van der Waals surface area contributed by atoms with Crippen LogP contribution in [0.25, 0.3) is 0 Å². The number of aliphatic hydroxyl groups is 1. The Morgan fingerprint density at radius 3 is 2.42 bits per heavy atom. The normalized spacial score (nSPS) is 14.4. The van der Waals surface area contributed by atoms with Gasteiger partial charge in [-0.3, -0.25) is 0 Å². The number of sulfonamides is 1. The van der Waals surface area contributed by atoms with Gasteiger partial charge in [0, 0.05) is 6.54 Å². The van der Waals surface area contributed by atoms with Crippen LogP contribution in [0.1, 0.15) is 27.2 Å². The van der Waals surface area contributed by atoms with E-state index in [1.54, 1.807) is 0 Å². The summed E-state index contributed by atoms with van der Waals surface area (Å²) in [6.45, 7) is 5.71. The minimum atomic E-state index is -3.93. The van der Waals surface area contributed by atoms with Crippen LogP contribution in [0.15, 0.2) is 29.2 Å². The quantitative estimate of drug-likeness (QED) is 0.870. The van der Waals surface area contributed by atoms with E-state index in [4.69, 9.17) is 0 Å². The molecule has 4 nitrogen and oxygen atoms in total. The van der Waals surface area contributed by atoms with Gasteiger partial charge in [0.2, 0.25) is 10.0 Å². The molecule has 0 bridgehead atoms. The molecule has 19 heavy (non-hydrogen) atoms. The fourth-order valence-electron chi connectivity index (χ4n) is 1.73. The minimum absolute atomic E-state index is 0.108. The lowest BCUT2D eigenvalue weighted by Gasteiger charge is -2.22. The summed E-state index contributed by atoms with van der Waals surface area (Å²) >= 11 is 0. The summed E-state index contributed by atoms with van der Waals surface area (Å²) in [6, 6.07) is 5.14. The highest BCUT2D eigenvalue weighted by Crippen LogP contribution is 2.20. The van der Waals surface area contributed by atoms with E-state index < -0.39 is 26.8 Å². The van der Waals surface area contributed by atoms with Crippen molar-refractivity contribution in [3.05, 3.63) is 30.1 Å². The Labute approximate surface area is 113 Å². The Morgan fingerprint density at radius 2 is 1.89 bits per heavy atom. The van der Waals surface area contributed by atoms with Crippen molar-refractivity contribution < 1.29 is 17.9 Å². The van der Waals surface area contributed by atoms with Gasteiger partial charge in [0.1, 0.15) is 10.7 Å². The Hall–Kier alpha value is -0.980. The number of hydrogen-bond acceptors (Lipinski definition) is 3. The van der Waals surface area contributed by atoms with Gasteiger partial charge in [-0.25, -0.2) is 17.5 Å². The third kappa shape index (κ3) is 5.26. The molecule has 0 aromatic heterocycles. The molecular formula is C13H20FNO3S. The van der Waals surface area contributed by atoms with Crippen LogP contribution in [-0.2, 0) is 10.0 Å². The first-order chi connectivity index (χ1) is 8.62. The van der Waals surface area contributed by atoms with E-state index in [1.807, 2.05) is 20.8 Å². The summed E-state index contributed by atoms with van der Waals surface area (Å²) in [7, 11) is -3.93. The molecule has 6 heteroatoms. The molecule has 0 aliphatic carbocycles. The highest BCUT2D eigenvalue weighted by atomic mass is 32.2. The Morgan fingerprint density at radius 1 is 1.32 bits per heavy atom. The van der Waals surface area contributed by atoms with E-state index in [-0.39, 0.29) is 12.0 Å². The van der Waals surface area contributed by atoms with Gasteiger partial charge in [-0.15, -0.1) is 0 Å². The standard InChI is InChI=1S/C13H20FNO3S/c1-13(2,3)8-10(16)9-15-19(17,18)12-7-5-4-6-11(12)14/h4-7,10,15-16H,8-9H2,1-3H3. The minimum Gasteiger partial charge on any atom is -0.392 e. The number of aliphatic hydroxyl groups excluding tert-OH is 1. The second-order valence-corrected chi connectivity index (χ2v) is 7.44. The van der Waals surface area contributed by atoms with Crippen molar-refractivity contribution in [2.45, 2.75) is 38.2 Å². The van der Waals surface area contributed by atoms with Crippen LogP contribution in [0.5, 0.6) is 0 Å². The third-order valence-corrected chi connectivity index (χ3v) is 3.94. The first-order valence-electron chi connectivity index (χ1n) is 6.04. The first-order valence-corrected chi connectivity index (χ1v) is 7.52. The molecule has 2 N–H and O–H groups in total. The predicted molar refractivity (Wildman–Crippen MR) is 71.7 cm³/mol. The van der Waals surface area contributed by atoms with Crippen LogP contribution in [0.4, 0.5) is 4.39 Å². The smallest absolute Gasteiger partial charge is 0.243 e. The van der Waals surface area contributed by atoms with Crippen molar-refractivity contribution in [3.8, 4) is 0 Å².